The fourth-order valence-corrected chi connectivity index (χ4v) is 2.69. The molecule has 1 aromatic rings. The molecule has 1 aromatic heterocycles. The lowest BCUT2D eigenvalue weighted by Gasteiger charge is -2.35. The fraction of sp³-hybridized carbons (Fsp3) is 0.733. The van der Waals surface area contributed by atoms with Crippen LogP contribution in [0.5, 0.6) is 0 Å². The number of aryl methyl sites for hydroxylation is 1. The maximum absolute atomic E-state index is 4.42. The quantitative estimate of drug-likeness (QED) is 0.884. The lowest BCUT2D eigenvalue weighted by atomic mass is 9.90. The average molecular weight is 262 g/mol. The number of nitrogens with zero attached hydrogens (tertiary/aromatic N) is 3. The lowest BCUT2D eigenvalue weighted by Crippen LogP contribution is -2.42. The molecule has 0 bridgehead atoms. The van der Waals surface area contributed by atoms with E-state index in [1.807, 2.05) is 19.3 Å². The first-order chi connectivity index (χ1) is 9.20. The van der Waals surface area contributed by atoms with E-state index < -0.39 is 0 Å². The van der Waals surface area contributed by atoms with Crippen LogP contribution in [-0.2, 0) is 0 Å². The highest BCUT2D eigenvalue weighted by Crippen LogP contribution is 2.23. The number of anilines is 1. The third-order valence-corrected chi connectivity index (χ3v) is 4.01. The monoisotopic (exact) mass is 262 g/mol. The molecule has 0 saturated carbocycles. The predicted octanol–water partition coefficient (Wildman–Crippen LogP) is 2.39. The van der Waals surface area contributed by atoms with E-state index in [4.69, 9.17) is 0 Å². The molecule has 1 aliphatic rings. The minimum Gasteiger partial charge on any atom is -0.341 e. The molecule has 1 unspecified atom stereocenters. The zero-order chi connectivity index (χ0) is 13.7. The number of hydrogen-bond donors (Lipinski definition) is 1. The van der Waals surface area contributed by atoms with Gasteiger partial charge in [-0.15, -0.1) is 0 Å². The standard InChI is InChI=1S/C15H26N4/c1-4-7-16-13(3)14-5-8-19(9-6-14)15-17-10-12(2)11-18-15/h10-11,13-14,16H,4-9H2,1-3H3. The second kappa shape index (κ2) is 6.85. The Morgan fingerprint density at radius 3 is 2.53 bits per heavy atom. The minimum absolute atomic E-state index is 0.626. The maximum atomic E-state index is 4.42. The average Bonchev–Trinajstić information content (AvgIpc) is 2.46. The zero-order valence-electron chi connectivity index (χ0n) is 12.4. The van der Waals surface area contributed by atoms with Crippen molar-refractivity contribution in [2.45, 2.75) is 46.1 Å². The van der Waals surface area contributed by atoms with Gasteiger partial charge in [-0.3, -0.25) is 0 Å². The van der Waals surface area contributed by atoms with Crippen LogP contribution < -0.4 is 10.2 Å². The van der Waals surface area contributed by atoms with Crippen molar-refractivity contribution in [3.63, 3.8) is 0 Å². The Labute approximate surface area is 116 Å². The summed E-state index contributed by atoms with van der Waals surface area (Å²) >= 11 is 0. The van der Waals surface area contributed by atoms with Gasteiger partial charge < -0.3 is 10.2 Å². The number of piperidine rings is 1. The molecule has 2 rings (SSSR count). The summed E-state index contributed by atoms with van der Waals surface area (Å²) < 4.78 is 0. The molecule has 0 radical (unpaired) electrons. The number of aromatic nitrogens is 2. The Morgan fingerprint density at radius 1 is 1.32 bits per heavy atom. The molecule has 106 valence electrons. The molecule has 4 heteroatoms. The summed E-state index contributed by atoms with van der Waals surface area (Å²) in [5, 5.41) is 3.61. The van der Waals surface area contributed by atoms with Crippen LogP contribution in [-0.4, -0.2) is 35.6 Å². The Bertz CT molecular complexity index is 368. The van der Waals surface area contributed by atoms with Crippen LogP contribution in [0.1, 0.15) is 38.7 Å². The van der Waals surface area contributed by atoms with Crippen LogP contribution in [0.3, 0.4) is 0 Å². The Hall–Kier alpha value is -1.16. The van der Waals surface area contributed by atoms with E-state index in [1.165, 1.54) is 19.3 Å². The second-order valence-electron chi connectivity index (χ2n) is 5.63. The molecule has 1 atom stereocenters. The van der Waals surface area contributed by atoms with E-state index in [9.17, 15) is 0 Å². The van der Waals surface area contributed by atoms with Gasteiger partial charge in [0, 0.05) is 31.5 Å². The van der Waals surface area contributed by atoms with Gasteiger partial charge in [0.1, 0.15) is 0 Å². The summed E-state index contributed by atoms with van der Waals surface area (Å²) in [6.45, 7) is 9.84. The molecule has 0 spiro atoms. The summed E-state index contributed by atoms with van der Waals surface area (Å²) in [6, 6.07) is 0.626. The van der Waals surface area contributed by atoms with Crippen molar-refractivity contribution in [3.05, 3.63) is 18.0 Å². The predicted molar refractivity (Wildman–Crippen MR) is 79.5 cm³/mol. The summed E-state index contributed by atoms with van der Waals surface area (Å²) in [7, 11) is 0. The largest absolute Gasteiger partial charge is 0.341 e. The van der Waals surface area contributed by atoms with Gasteiger partial charge in [0.05, 0.1) is 0 Å². The van der Waals surface area contributed by atoms with E-state index in [0.717, 1.165) is 37.1 Å². The van der Waals surface area contributed by atoms with E-state index in [1.54, 1.807) is 0 Å². The topological polar surface area (TPSA) is 41.0 Å². The Balaban J connectivity index is 1.83. The third kappa shape index (κ3) is 3.90. The van der Waals surface area contributed by atoms with E-state index >= 15 is 0 Å². The smallest absolute Gasteiger partial charge is 0.225 e. The van der Waals surface area contributed by atoms with Gasteiger partial charge in [-0.2, -0.15) is 0 Å². The number of rotatable bonds is 5. The van der Waals surface area contributed by atoms with Gasteiger partial charge in [-0.25, -0.2) is 9.97 Å². The molecule has 1 N–H and O–H groups in total. The third-order valence-electron chi connectivity index (χ3n) is 4.01. The van der Waals surface area contributed by atoms with Crippen molar-refractivity contribution in [2.75, 3.05) is 24.5 Å². The molecular formula is C15H26N4. The van der Waals surface area contributed by atoms with Crippen LogP contribution >= 0.6 is 0 Å². The normalized spacial score (nSPS) is 18.6. The molecule has 1 saturated heterocycles. The molecular weight excluding hydrogens is 236 g/mol. The van der Waals surface area contributed by atoms with Crippen molar-refractivity contribution < 1.29 is 0 Å². The van der Waals surface area contributed by atoms with Crippen LogP contribution in [0.4, 0.5) is 5.95 Å². The molecule has 2 heterocycles. The van der Waals surface area contributed by atoms with Crippen molar-refractivity contribution in [1.82, 2.24) is 15.3 Å². The zero-order valence-corrected chi connectivity index (χ0v) is 12.4. The molecule has 0 amide bonds. The van der Waals surface area contributed by atoms with Gasteiger partial charge >= 0.3 is 0 Å². The highest BCUT2D eigenvalue weighted by Gasteiger charge is 2.24. The molecule has 1 fully saturated rings. The first kappa shape index (κ1) is 14.3. The fourth-order valence-electron chi connectivity index (χ4n) is 2.69. The summed E-state index contributed by atoms with van der Waals surface area (Å²) in [5.41, 5.74) is 1.12. The first-order valence-electron chi connectivity index (χ1n) is 7.47. The van der Waals surface area contributed by atoms with Crippen molar-refractivity contribution in [3.8, 4) is 0 Å². The number of hydrogen-bond acceptors (Lipinski definition) is 4. The molecule has 19 heavy (non-hydrogen) atoms. The van der Waals surface area contributed by atoms with Gasteiger partial charge in [0.2, 0.25) is 5.95 Å². The number of nitrogens with one attached hydrogen (secondary N) is 1. The summed E-state index contributed by atoms with van der Waals surface area (Å²) in [6.07, 6.45) is 7.48. The first-order valence-corrected chi connectivity index (χ1v) is 7.47. The van der Waals surface area contributed by atoms with Gasteiger partial charge in [0.25, 0.3) is 0 Å². The minimum atomic E-state index is 0.626. The van der Waals surface area contributed by atoms with Crippen LogP contribution in [0.25, 0.3) is 0 Å². The van der Waals surface area contributed by atoms with Crippen molar-refractivity contribution >= 4 is 5.95 Å². The lowest BCUT2D eigenvalue weighted by molar-refractivity contribution is 0.310. The maximum Gasteiger partial charge on any atom is 0.225 e. The van der Waals surface area contributed by atoms with E-state index in [-0.39, 0.29) is 0 Å². The van der Waals surface area contributed by atoms with Gasteiger partial charge in [0.15, 0.2) is 0 Å². The van der Waals surface area contributed by atoms with Crippen LogP contribution in [0.15, 0.2) is 12.4 Å². The highest BCUT2D eigenvalue weighted by atomic mass is 15.2. The van der Waals surface area contributed by atoms with Crippen LogP contribution in [0.2, 0.25) is 0 Å². The Kier molecular flexibility index (Phi) is 5.14. The van der Waals surface area contributed by atoms with E-state index in [0.29, 0.717) is 6.04 Å². The molecule has 0 aliphatic carbocycles. The summed E-state index contributed by atoms with van der Waals surface area (Å²) in [4.78, 5) is 11.1. The van der Waals surface area contributed by atoms with Crippen molar-refractivity contribution in [1.29, 1.82) is 0 Å². The van der Waals surface area contributed by atoms with Crippen molar-refractivity contribution in [2.24, 2.45) is 5.92 Å². The second-order valence-corrected chi connectivity index (χ2v) is 5.63. The Morgan fingerprint density at radius 2 is 1.95 bits per heavy atom. The van der Waals surface area contributed by atoms with Crippen LogP contribution in [0, 0.1) is 12.8 Å². The molecule has 4 nitrogen and oxygen atoms in total. The SMILES string of the molecule is CCCNC(C)C1CCN(c2ncc(C)cn2)CC1. The van der Waals surface area contributed by atoms with E-state index in [2.05, 4.69) is 34.0 Å². The highest BCUT2D eigenvalue weighted by molar-refractivity contribution is 5.30. The molecule has 0 aromatic carbocycles. The van der Waals surface area contributed by atoms with Gasteiger partial charge in [-0.05, 0) is 51.1 Å². The molecule has 1 aliphatic heterocycles. The summed E-state index contributed by atoms with van der Waals surface area (Å²) in [5.74, 6) is 1.67. The van der Waals surface area contributed by atoms with Gasteiger partial charge in [-0.1, -0.05) is 6.92 Å².